The van der Waals surface area contributed by atoms with Crippen LogP contribution in [0.25, 0.3) is 0 Å². The van der Waals surface area contributed by atoms with E-state index in [0.29, 0.717) is 23.1 Å². The van der Waals surface area contributed by atoms with Crippen molar-refractivity contribution in [2.45, 2.75) is 12.6 Å². The van der Waals surface area contributed by atoms with Crippen LogP contribution in [0.5, 0.6) is 0 Å². The van der Waals surface area contributed by atoms with Crippen LogP contribution in [0, 0.1) is 5.41 Å². The fraction of sp³-hybridized carbons (Fsp3) is 0.158. The van der Waals surface area contributed by atoms with Crippen molar-refractivity contribution in [2.75, 3.05) is 6.54 Å². The molecule has 2 aromatic rings. The summed E-state index contributed by atoms with van der Waals surface area (Å²) in [7, 11) is 0. The zero-order chi connectivity index (χ0) is 19.6. The molecule has 3 rings (SSSR count). The minimum atomic E-state index is -1.16. The van der Waals surface area contributed by atoms with E-state index in [1.807, 2.05) is 0 Å². The lowest BCUT2D eigenvalue weighted by Gasteiger charge is -2.36. The molecule has 8 nitrogen and oxygen atoms in total. The Morgan fingerprint density at radius 3 is 2.41 bits per heavy atom. The molecule has 1 unspecified atom stereocenters. The Kier molecular flexibility index (Phi) is 4.89. The van der Waals surface area contributed by atoms with Crippen LogP contribution >= 0.6 is 0 Å². The smallest absolute Gasteiger partial charge is 0.323 e. The second-order valence-corrected chi connectivity index (χ2v) is 6.17. The van der Waals surface area contributed by atoms with Gasteiger partial charge in [-0.05, 0) is 23.8 Å². The van der Waals surface area contributed by atoms with E-state index in [9.17, 15) is 14.4 Å². The maximum absolute atomic E-state index is 12.7. The van der Waals surface area contributed by atoms with Gasteiger partial charge in [-0.1, -0.05) is 30.3 Å². The number of fused-ring (bicyclic) bond motifs is 1. The molecule has 0 spiro atoms. The maximum atomic E-state index is 12.7. The largest absolute Gasteiger partial charge is 0.480 e. The molecule has 0 bridgehead atoms. The summed E-state index contributed by atoms with van der Waals surface area (Å²) in [5.41, 5.74) is 7.40. The summed E-state index contributed by atoms with van der Waals surface area (Å²) in [6, 6.07) is 13.1. The number of amides is 2. The fourth-order valence-electron chi connectivity index (χ4n) is 3.01. The highest BCUT2D eigenvalue weighted by atomic mass is 16.4. The van der Waals surface area contributed by atoms with E-state index >= 15 is 0 Å². The van der Waals surface area contributed by atoms with E-state index in [1.165, 1.54) is 12.1 Å². The monoisotopic (exact) mass is 366 g/mol. The lowest BCUT2D eigenvalue weighted by atomic mass is 9.96. The summed E-state index contributed by atoms with van der Waals surface area (Å²) >= 11 is 0. The minimum absolute atomic E-state index is 0.107. The molecule has 1 atom stereocenters. The standard InChI is InChI=1S/C19H18N4O4/c20-17(21)11-5-7-12(8-6-11)18(26)22-15-9-13-3-1-2-4-14(13)19(27)23(15)10-16(24)25/h1-8,15H,9-10H2,(H3,20,21)(H,22,26)(H,24,25). The topological polar surface area (TPSA) is 137 Å². The second-order valence-electron chi connectivity index (χ2n) is 6.17. The number of rotatable bonds is 5. The molecule has 1 heterocycles. The van der Waals surface area contributed by atoms with Crippen LogP contribution in [0.2, 0.25) is 0 Å². The van der Waals surface area contributed by atoms with E-state index in [1.54, 1.807) is 36.4 Å². The van der Waals surface area contributed by atoms with Gasteiger partial charge in [0.2, 0.25) is 0 Å². The van der Waals surface area contributed by atoms with Crippen LogP contribution < -0.4 is 11.1 Å². The van der Waals surface area contributed by atoms with Gasteiger partial charge in [0.05, 0.1) is 0 Å². The number of hydrogen-bond donors (Lipinski definition) is 4. The molecule has 2 amide bonds. The van der Waals surface area contributed by atoms with Gasteiger partial charge < -0.3 is 21.1 Å². The van der Waals surface area contributed by atoms with Crippen molar-refractivity contribution in [3.8, 4) is 0 Å². The molecule has 0 aromatic heterocycles. The van der Waals surface area contributed by atoms with E-state index in [4.69, 9.17) is 16.2 Å². The van der Waals surface area contributed by atoms with Gasteiger partial charge in [0.1, 0.15) is 18.5 Å². The summed E-state index contributed by atoms with van der Waals surface area (Å²) < 4.78 is 0. The first-order chi connectivity index (χ1) is 12.9. The molecule has 1 aliphatic heterocycles. The van der Waals surface area contributed by atoms with Gasteiger partial charge in [-0.15, -0.1) is 0 Å². The highest BCUT2D eigenvalue weighted by Crippen LogP contribution is 2.22. The Morgan fingerprint density at radius 2 is 1.78 bits per heavy atom. The van der Waals surface area contributed by atoms with Gasteiger partial charge in [-0.2, -0.15) is 0 Å². The van der Waals surface area contributed by atoms with E-state index < -0.39 is 30.5 Å². The fourth-order valence-corrected chi connectivity index (χ4v) is 3.01. The number of aliphatic carboxylic acids is 1. The average Bonchev–Trinajstić information content (AvgIpc) is 2.64. The highest BCUT2D eigenvalue weighted by Gasteiger charge is 2.34. The first-order valence-corrected chi connectivity index (χ1v) is 8.23. The quantitative estimate of drug-likeness (QED) is 0.458. The van der Waals surface area contributed by atoms with E-state index in [0.717, 1.165) is 10.5 Å². The zero-order valence-electron chi connectivity index (χ0n) is 14.3. The Labute approximate surface area is 155 Å². The molecule has 0 saturated carbocycles. The van der Waals surface area contributed by atoms with Crippen LogP contribution in [0.3, 0.4) is 0 Å². The van der Waals surface area contributed by atoms with Gasteiger partial charge in [-0.25, -0.2) is 0 Å². The molecular weight excluding hydrogens is 348 g/mol. The second kappa shape index (κ2) is 7.28. The van der Waals surface area contributed by atoms with Crippen LogP contribution in [0.4, 0.5) is 0 Å². The Morgan fingerprint density at radius 1 is 1.15 bits per heavy atom. The zero-order valence-corrected chi connectivity index (χ0v) is 14.3. The van der Waals surface area contributed by atoms with Crippen molar-refractivity contribution < 1.29 is 19.5 Å². The predicted octanol–water partition coefficient (Wildman–Crippen LogP) is 0.810. The number of carboxylic acids is 1. The molecule has 1 aliphatic rings. The number of nitrogens with one attached hydrogen (secondary N) is 2. The van der Waals surface area contributed by atoms with Crippen LogP contribution in [0.1, 0.15) is 31.8 Å². The van der Waals surface area contributed by atoms with Gasteiger partial charge in [0.25, 0.3) is 11.8 Å². The molecule has 0 radical (unpaired) electrons. The first kappa shape index (κ1) is 18.1. The summed E-state index contributed by atoms with van der Waals surface area (Å²) in [5, 5.41) is 19.3. The molecule has 2 aromatic carbocycles. The van der Waals surface area contributed by atoms with Crippen molar-refractivity contribution in [3.05, 3.63) is 70.8 Å². The van der Waals surface area contributed by atoms with Crippen molar-refractivity contribution >= 4 is 23.6 Å². The number of carbonyl (C=O) groups excluding carboxylic acids is 2. The molecule has 8 heteroatoms. The number of nitrogens with two attached hydrogens (primary N) is 1. The summed E-state index contributed by atoms with van der Waals surface area (Å²) in [6.07, 6.45) is -0.463. The number of amidine groups is 1. The molecular formula is C19H18N4O4. The molecule has 27 heavy (non-hydrogen) atoms. The number of hydrogen-bond acceptors (Lipinski definition) is 4. The van der Waals surface area contributed by atoms with E-state index in [2.05, 4.69) is 5.32 Å². The lowest BCUT2D eigenvalue weighted by molar-refractivity contribution is -0.138. The molecule has 0 aliphatic carbocycles. The number of nitrogens with zero attached hydrogens (tertiary/aromatic N) is 1. The third-order valence-corrected chi connectivity index (χ3v) is 4.36. The lowest BCUT2D eigenvalue weighted by Crippen LogP contribution is -2.56. The third kappa shape index (κ3) is 3.79. The van der Waals surface area contributed by atoms with Crippen molar-refractivity contribution in [2.24, 2.45) is 5.73 Å². The van der Waals surface area contributed by atoms with Crippen LogP contribution in [-0.4, -0.2) is 46.3 Å². The van der Waals surface area contributed by atoms with E-state index in [-0.39, 0.29) is 5.84 Å². The van der Waals surface area contributed by atoms with Crippen molar-refractivity contribution in [1.82, 2.24) is 10.2 Å². The van der Waals surface area contributed by atoms with Gasteiger partial charge in [-0.3, -0.25) is 19.8 Å². The summed E-state index contributed by atoms with van der Waals surface area (Å²) in [4.78, 5) is 37.6. The number of nitrogen functional groups attached to an aromatic ring is 1. The third-order valence-electron chi connectivity index (χ3n) is 4.36. The van der Waals surface area contributed by atoms with Gasteiger partial charge >= 0.3 is 5.97 Å². The highest BCUT2D eigenvalue weighted by molar-refractivity contribution is 6.00. The normalized spacial score (nSPS) is 15.8. The Hall–Kier alpha value is -3.68. The molecule has 5 N–H and O–H groups in total. The van der Waals surface area contributed by atoms with Gasteiger partial charge in [0.15, 0.2) is 0 Å². The average molecular weight is 366 g/mol. The Balaban J connectivity index is 1.84. The predicted molar refractivity (Wildman–Crippen MR) is 97.5 cm³/mol. The number of carboxylic acid groups (broad SMARTS) is 1. The molecule has 0 fully saturated rings. The Bertz CT molecular complexity index is 924. The van der Waals surface area contributed by atoms with Gasteiger partial charge in [0, 0.05) is 23.1 Å². The SMILES string of the molecule is N=C(N)c1ccc(C(=O)NC2Cc3ccccc3C(=O)N2CC(=O)O)cc1. The molecule has 138 valence electrons. The molecule has 0 saturated heterocycles. The van der Waals surface area contributed by atoms with Crippen LogP contribution in [-0.2, 0) is 11.2 Å². The summed E-state index contributed by atoms with van der Waals surface area (Å²) in [5.74, 6) is -2.15. The minimum Gasteiger partial charge on any atom is -0.480 e. The van der Waals surface area contributed by atoms with Crippen molar-refractivity contribution in [3.63, 3.8) is 0 Å². The summed E-state index contributed by atoms with van der Waals surface area (Å²) in [6.45, 7) is -0.513. The number of carbonyl (C=O) groups is 3. The first-order valence-electron chi connectivity index (χ1n) is 8.23. The maximum Gasteiger partial charge on any atom is 0.323 e. The van der Waals surface area contributed by atoms with Crippen molar-refractivity contribution in [1.29, 1.82) is 5.41 Å². The number of benzene rings is 2. The van der Waals surface area contributed by atoms with Crippen LogP contribution in [0.15, 0.2) is 48.5 Å².